The Morgan fingerprint density at radius 1 is 1.23 bits per heavy atom. The van der Waals surface area contributed by atoms with Gasteiger partial charge < -0.3 is 9.64 Å². The van der Waals surface area contributed by atoms with Gasteiger partial charge in [0.25, 0.3) is 0 Å². The third-order valence-electron chi connectivity index (χ3n) is 3.00. The van der Waals surface area contributed by atoms with Crippen molar-refractivity contribution in [3.8, 4) is 0 Å². The molecule has 1 unspecified atom stereocenters. The van der Waals surface area contributed by atoms with Gasteiger partial charge in [-0.1, -0.05) is 13.3 Å². The second-order valence-electron chi connectivity index (χ2n) is 3.96. The lowest BCUT2D eigenvalue weighted by Gasteiger charge is -2.27. The molecule has 78 valence electrons. The van der Waals surface area contributed by atoms with Crippen molar-refractivity contribution in [2.45, 2.75) is 45.1 Å². The van der Waals surface area contributed by atoms with Crippen molar-refractivity contribution in [2.75, 3.05) is 26.7 Å². The molecule has 0 aromatic rings. The first-order valence-electron chi connectivity index (χ1n) is 5.62. The zero-order valence-electron chi connectivity index (χ0n) is 9.09. The van der Waals surface area contributed by atoms with Crippen LogP contribution >= 0.6 is 0 Å². The van der Waals surface area contributed by atoms with Crippen molar-refractivity contribution in [3.05, 3.63) is 0 Å². The Hall–Kier alpha value is -0.0800. The van der Waals surface area contributed by atoms with E-state index >= 15 is 0 Å². The van der Waals surface area contributed by atoms with Crippen LogP contribution in [0.5, 0.6) is 0 Å². The number of piperidine rings is 1. The van der Waals surface area contributed by atoms with Crippen molar-refractivity contribution >= 4 is 0 Å². The fraction of sp³-hybridized carbons (Fsp3) is 1.00. The van der Waals surface area contributed by atoms with E-state index in [0.29, 0.717) is 6.10 Å². The maximum absolute atomic E-state index is 5.36. The predicted octanol–water partition coefficient (Wildman–Crippen LogP) is 2.29. The molecular formula is C11H23NO. The van der Waals surface area contributed by atoms with Crippen molar-refractivity contribution in [2.24, 2.45) is 0 Å². The first-order valence-corrected chi connectivity index (χ1v) is 5.62. The Morgan fingerprint density at radius 3 is 2.46 bits per heavy atom. The highest BCUT2D eigenvalue weighted by Gasteiger charge is 2.11. The van der Waals surface area contributed by atoms with E-state index < -0.39 is 0 Å². The molecule has 0 spiro atoms. The Kier molecular flexibility index (Phi) is 5.40. The van der Waals surface area contributed by atoms with Crippen LogP contribution in [-0.4, -0.2) is 37.7 Å². The second kappa shape index (κ2) is 6.39. The predicted molar refractivity (Wildman–Crippen MR) is 56.0 cm³/mol. The highest BCUT2D eigenvalue weighted by atomic mass is 16.5. The van der Waals surface area contributed by atoms with Gasteiger partial charge in [-0.15, -0.1) is 0 Å². The summed E-state index contributed by atoms with van der Waals surface area (Å²) < 4.78 is 5.36. The maximum Gasteiger partial charge on any atom is 0.0580 e. The summed E-state index contributed by atoms with van der Waals surface area (Å²) in [5.41, 5.74) is 0. The minimum atomic E-state index is 0.474. The summed E-state index contributed by atoms with van der Waals surface area (Å²) in [4.78, 5) is 2.57. The van der Waals surface area contributed by atoms with Gasteiger partial charge in [-0.2, -0.15) is 0 Å². The lowest BCUT2D eigenvalue weighted by molar-refractivity contribution is 0.0774. The molecule has 1 aliphatic rings. The molecule has 1 heterocycles. The van der Waals surface area contributed by atoms with Gasteiger partial charge >= 0.3 is 0 Å². The number of ether oxygens (including phenoxy) is 1. The normalized spacial score (nSPS) is 21.7. The van der Waals surface area contributed by atoms with E-state index in [1.54, 1.807) is 0 Å². The molecule has 2 nitrogen and oxygen atoms in total. The van der Waals surface area contributed by atoms with Crippen LogP contribution in [0.1, 0.15) is 39.0 Å². The fourth-order valence-electron chi connectivity index (χ4n) is 2.00. The molecule has 0 aliphatic carbocycles. The highest BCUT2D eigenvalue weighted by molar-refractivity contribution is 4.66. The molecule has 1 saturated heterocycles. The standard InChI is InChI=1S/C11H23NO/c1-3-11(13-2)7-10-12-8-5-4-6-9-12/h11H,3-10H2,1-2H3. The van der Waals surface area contributed by atoms with Gasteiger partial charge in [0.05, 0.1) is 6.10 Å². The largest absolute Gasteiger partial charge is 0.381 e. The molecule has 0 bridgehead atoms. The Bertz CT molecular complexity index is 117. The summed E-state index contributed by atoms with van der Waals surface area (Å²) >= 11 is 0. The number of hydrogen-bond donors (Lipinski definition) is 0. The van der Waals surface area contributed by atoms with E-state index in [1.807, 2.05) is 7.11 Å². The van der Waals surface area contributed by atoms with Crippen LogP contribution in [0.2, 0.25) is 0 Å². The van der Waals surface area contributed by atoms with E-state index in [4.69, 9.17) is 4.74 Å². The number of hydrogen-bond acceptors (Lipinski definition) is 2. The number of nitrogens with zero attached hydrogens (tertiary/aromatic N) is 1. The molecule has 2 heteroatoms. The van der Waals surface area contributed by atoms with Crippen LogP contribution in [0, 0.1) is 0 Å². The molecular weight excluding hydrogens is 162 g/mol. The zero-order valence-corrected chi connectivity index (χ0v) is 9.09. The molecule has 0 aromatic carbocycles. The van der Waals surface area contributed by atoms with E-state index in [0.717, 1.165) is 6.42 Å². The van der Waals surface area contributed by atoms with Crippen molar-refractivity contribution in [1.29, 1.82) is 0 Å². The first-order chi connectivity index (χ1) is 6.36. The molecule has 1 aliphatic heterocycles. The van der Waals surface area contributed by atoms with Crippen LogP contribution in [0.15, 0.2) is 0 Å². The van der Waals surface area contributed by atoms with E-state index in [-0.39, 0.29) is 0 Å². The molecule has 13 heavy (non-hydrogen) atoms. The maximum atomic E-state index is 5.36. The summed E-state index contributed by atoms with van der Waals surface area (Å²) in [6.07, 6.45) is 7.03. The van der Waals surface area contributed by atoms with E-state index in [2.05, 4.69) is 11.8 Å². The Balaban J connectivity index is 2.09. The van der Waals surface area contributed by atoms with Gasteiger partial charge in [-0.05, 0) is 38.8 Å². The molecule has 1 fully saturated rings. The average Bonchev–Trinajstić information content (AvgIpc) is 2.21. The van der Waals surface area contributed by atoms with Crippen molar-refractivity contribution < 1.29 is 4.74 Å². The third kappa shape index (κ3) is 4.10. The summed E-state index contributed by atoms with van der Waals surface area (Å²) in [6.45, 7) is 6.04. The smallest absolute Gasteiger partial charge is 0.0580 e. The number of methoxy groups -OCH3 is 1. The lowest BCUT2D eigenvalue weighted by atomic mass is 10.1. The summed E-state index contributed by atoms with van der Waals surface area (Å²) in [5.74, 6) is 0. The number of rotatable bonds is 5. The Morgan fingerprint density at radius 2 is 1.92 bits per heavy atom. The molecule has 0 N–H and O–H groups in total. The number of likely N-dealkylation sites (tertiary alicyclic amines) is 1. The SMILES string of the molecule is CCC(CCN1CCCCC1)OC. The van der Waals surface area contributed by atoms with Gasteiger partial charge in [-0.3, -0.25) is 0 Å². The van der Waals surface area contributed by atoms with Crippen molar-refractivity contribution in [1.82, 2.24) is 4.90 Å². The minimum Gasteiger partial charge on any atom is -0.381 e. The topological polar surface area (TPSA) is 12.5 Å². The van der Waals surface area contributed by atoms with Gasteiger partial charge in [0.1, 0.15) is 0 Å². The van der Waals surface area contributed by atoms with Gasteiger partial charge in [0.15, 0.2) is 0 Å². The zero-order chi connectivity index (χ0) is 9.52. The fourth-order valence-corrected chi connectivity index (χ4v) is 2.00. The van der Waals surface area contributed by atoms with Gasteiger partial charge in [0, 0.05) is 13.7 Å². The Labute approximate surface area is 82.3 Å². The third-order valence-corrected chi connectivity index (χ3v) is 3.00. The van der Waals surface area contributed by atoms with Crippen LogP contribution in [0.25, 0.3) is 0 Å². The molecule has 0 aromatic heterocycles. The van der Waals surface area contributed by atoms with Crippen LogP contribution in [-0.2, 0) is 4.74 Å². The van der Waals surface area contributed by atoms with Gasteiger partial charge in [0.2, 0.25) is 0 Å². The van der Waals surface area contributed by atoms with Crippen LogP contribution < -0.4 is 0 Å². The highest BCUT2D eigenvalue weighted by Crippen LogP contribution is 2.11. The molecule has 0 radical (unpaired) electrons. The van der Waals surface area contributed by atoms with E-state index in [9.17, 15) is 0 Å². The summed E-state index contributed by atoms with van der Waals surface area (Å²) in [5, 5.41) is 0. The molecule has 0 amide bonds. The van der Waals surface area contributed by atoms with Crippen LogP contribution in [0.3, 0.4) is 0 Å². The molecule has 0 saturated carbocycles. The monoisotopic (exact) mass is 185 g/mol. The quantitative estimate of drug-likeness (QED) is 0.651. The first kappa shape index (κ1) is 11.0. The van der Waals surface area contributed by atoms with E-state index in [1.165, 1.54) is 45.3 Å². The molecule has 1 rings (SSSR count). The second-order valence-corrected chi connectivity index (χ2v) is 3.96. The average molecular weight is 185 g/mol. The van der Waals surface area contributed by atoms with Gasteiger partial charge in [-0.25, -0.2) is 0 Å². The van der Waals surface area contributed by atoms with Crippen LogP contribution in [0.4, 0.5) is 0 Å². The molecule has 1 atom stereocenters. The summed E-state index contributed by atoms with van der Waals surface area (Å²) in [7, 11) is 1.82. The lowest BCUT2D eigenvalue weighted by Crippen LogP contribution is -2.32. The minimum absolute atomic E-state index is 0.474. The van der Waals surface area contributed by atoms with Crippen molar-refractivity contribution in [3.63, 3.8) is 0 Å². The summed E-state index contributed by atoms with van der Waals surface area (Å²) in [6, 6.07) is 0.